The van der Waals surface area contributed by atoms with Crippen LogP contribution in [0, 0.1) is 0 Å². The maximum Gasteiger partial charge on any atom is 0.435 e. The van der Waals surface area contributed by atoms with Crippen molar-refractivity contribution in [1.82, 2.24) is 4.98 Å². The fourth-order valence-corrected chi connectivity index (χ4v) is 1.82. The van der Waals surface area contributed by atoms with Gasteiger partial charge in [0.15, 0.2) is 10.2 Å². The Kier molecular flexibility index (Phi) is 2.79. The number of thiocarbonyl (C=S) groups is 1. The topological polar surface area (TPSA) is 33.1 Å². The Morgan fingerprint density at radius 2 is 2.08 bits per heavy atom. The summed E-state index contributed by atoms with van der Waals surface area (Å²) < 4.78 is 36.1. The second-order valence-corrected chi connectivity index (χ2v) is 3.92. The van der Waals surface area contributed by atoms with Crippen LogP contribution in [0.1, 0.15) is 10.6 Å². The van der Waals surface area contributed by atoms with E-state index in [4.69, 9.17) is 16.7 Å². The van der Waals surface area contributed by atoms with Gasteiger partial charge in [0.25, 0.3) is 0 Å². The minimum Gasteiger partial charge on any atom is -0.498 e. The van der Waals surface area contributed by atoms with Gasteiger partial charge in [-0.25, -0.2) is 4.98 Å². The van der Waals surface area contributed by atoms with Crippen molar-refractivity contribution in [2.24, 2.45) is 0 Å². The molecule has 1 N–H and O–H groups in total. The van der Waals surface area contributed by atoms with Crippen LogP contribution in [0.4, 0.5) is 13.2 Å². The third kappa shape index (κ3) is 2.29. The summed E-state index contributed by atoms with van der Waals surface area (Å²) in [6, 6.07) is 0. The summed E-state index contributed by atoms with van der Waals surface area (Å²) in [7, 11) is 0. The molecule has 0 aliphatic rings. The van der Waals surface area contributed by atoms with Crippen LogP contribution < -0.4 is 0 Å². The maximum absolute atomic E-state index is 12.1. The molecule has 0 amide bonds. The number of rotatable bonds is 1. The highest BCUT2D eigenvalue weighted by Gasteiger charge is 2.38. The van der Waals surface area contributed by atoms with Crippen molar-refractivity contribution < 1.29 is 18.3 Å². The third-order valence-electron chi connectivity index (χ3n) is 1.06. The maximum atomic E-state index is 12.1. The number of nitrogens with zero attached hydrogens (tertiary/aromatic N) is 1. The number of hydrogen-bond acceptors (Lipinski definition) is 3. The van der Waals surface area contributed by atoms with Crippen LogP contribution in [-0.2, 0) is 6.18 Å². The van der Waals surface area contributed by atoms with Gasteiger partial charge in [0.1, 0.15) is 4.88 Å². The zero-order chi connectivity index (χ0) is 10.2. The van der Waals surface area contributed by atoms with Gasteiger partial charge in [0.05, 0.1) is 0 Å². The first-order valence-corrected chi connectivity index (χ1v) is 4.39. The number of thiazole rings is 1. The normalized spacial score (nSPS) is 11.7. The van der Waals surface area contributed by atoms with E-state index in [1.165, 1.54) is 0 Å². The lowest BCUT2D eigenvalue weighted by atomic mass is 10.3. The third-order valence-corrected chi connectivity index (χ3v) is 2.56. The van der Waals surface area contributed by atoms with Gasteiger partial charge in [-0.2, -0.15) is 13.2 Å². The second kappa shape index (κ2) is 3.39. The van der Waals surface area contributed by atoms with Crippen LogP contribution in [0.2, 0.25) is 4.47 Å². The van der Waals surface area contributed by atoms with Gasteiger partial charge < -0.3 is 5.11 Å². The summed E-state index contributed by atoms with van der Waals surface area (Å²) in [5, 5.41) is 7.87. The molecular formula is C5HClF3NOS2. The van der Waals surface area contributed by atoms with Crippen LogP contribution in [0.25, 0.3) is 0 Å². The zero-order valence-corrected chi connectivity index (χ0v) is 8.11. The summed E-state index contributed by atoms with van der Waals surface area (Å²) in [5.41, 5.74) is -1.24. The van der Waals surface area contributed by atoms with Gasteiger partial charge in [-0.15, -0.1) is 0 Å². The molecule has 0 atom stereocenters. The fourth-order valence-electron chi connectivity index (χ4n) is 0.631. The Morgan fingerprint density at radius 3 is 2.38 bits per heavy atom. The summed E-state index contributed by atoms with van der Waals surface area (Å²) in [5.74, 6) is 0. The molecule has 0 bridgehead atoms. The number of aliphatic hydroxyl groups excluding tert-OH is 1. The van der Waals surface area contributed by atoms with Gasteiger partial charge in [-0.3, -0.25) is 0 Å². The molecule has 0 spiro atoms. The summed E-state index contributed by atoms with van der Waals surface area (Å²) in [6.45, 7) is 0. The van der Waals surface area contributed by atoms with Crippen LogP contribution in [0.15, 0.2) is 0 Å². The largest absolute Gasteiger partial charge is 0.498 e. The predicted octanol–water partition coefficient (Wildman–Crippen LogP) is 3.05. The first-order chi connectivity index (χ1) is 5.82. The van der Waals surface area contributed by atoms with E-state index in [1.54, 1.807) is 0 Å². The van der Waals surface area contributed by atoms with E-state index in [9.17, 15) is 13.2 Å². The molecular weight excluding hydrogens is 247 g/mol. The van der Waals surface area contributed by atoms with Crippen molar-refractivity contribution in [3.05, 3.63) is 15.0 Å². The van der Waals surface area contributed by atoms with E-state index < -0.39 is 21.8 Å². The molecule has 1 heterocycles. The molecule has 72 valence electrons. The van der Waals surface area contributed by atoms with Crippen LogP contribution in [-0.4, -0.2) is 15.1 Å². The number of aromatic nitrogens is 1. The first-order valence-electron chi connectivity index (χ1n) is 2.79. The molecule has 1 aromatic heterocycles. The first kappa shape index (κ1) is 10.7. The van der Waals surface area contributed by atoms with Crippen molar-refractivity contribution in [1.29, 1.82) is 0 Å². The average molecular weight is 248 g/mol. The quantitative estimate of drug-likeness (QED) is 0.775. The smallest absolute Gasteiger partial charge is 0.435 e. The van der Waals surface area contributed by atoms with E-state index >= 15 is 0 Å². The number of aliphatic hydroxyl groups is 1. The Morgan fingerprint density at radius 1 is 1.54 bits per heavy atom. The molecule has 1 rings (SSSR count). The van der Waals surface area contributed by atoms with Crippen molar-refractivity contribution in [2.75, 3.05) is 0 Å². The predicted molar refractivity (Wildman–Crippen MR) is 46.5 cm³/mol. The molecule has 8 heteroatoms. The molecule has 0 fully saturated rings. The Hall–Kier alpha value is -0.400. The molecule has 13 heavy (non-hydrogen) atoms. The lowest BCUT2D eigenvalue weighted by molar-refractivity contribution is -0.140. The van der Waals surface area contributed by atoms with Gasteiger partial charge in [-0.05, 0) is 12.2 Å². The van der Waals surface area contributed by atoms with Gasteiger partial charge in [-0.1, -0.05) is 22.9 Å². The zero-order valence-electron chi connectivity index (χ0n) is 5.72. The second-order valence-electron chi connectivity index (χ2n) is 1.95. The van der Waals surface area contributed by atoms with Gasteiger partial charge in [0, 0.05) is 0 Å². The van der Waals surface area contributed by atoms with Crippen LogP contribution in [0.5, 0.6) is 0 Å². The molecule has 0 aliphatic carbocycles. The van der Waals surface area contributed by atoms with Crippen LogP contribution in [0.3, 0.4) is 0 Å². The molecule has 0 unspecified atom stereocenters. The van der Waals surface area contributed by atoms with Gasteiger partial charge >= 0.3 is 6.18 Å². The standard InChI is InChI=1S/C5HClF3NOS2/c6-4-10-2(5(7,8)9)1(13-4)3(11)12/h(H,11,12). The van der Waals surface area contributed by atoms with E-state index in [0.29, 0.717) is 11.3 Å². The Labute approximate surface area is 85.0 Å². The molecule has 0 saturated carbocycles. The summed E-state index contributed by atoms with van der Waals surface area (Å²) >= 11 is 9.94. The number of hydrogen-bond donors (Lipinski definition) is 1. The van der Waals surface area contributed by atoms with Crippen molar-refractivity contribution in [3.63, 3.8) is 0 Å². The van der Waals surface area contributed by atoms with Crippen LogP contribution >= 0.6 is 35.2 Å². The highest BCUT2D eigenvalue weighted by molar-refractivity contribution is 7.80. The van der Waals surface area contributed by atoms with E-state index in [1.807, 2.05) is 0 Å². The average Bonchev–Trinajstić information content (AvgIpc) is 2.29. The fraction of sp³-hybridized carbons (Fsp3) is 0.200. The van der Waals surface area contributed by atoms with E-state index in [0.717, 1.165) is 0 Å². The number of alkyl halides is 3. The van der Waals surface area contributed by atoms with Crippen molar-refractivity contribution >= 4 is 40.2 Å². The molecule has 0 aliphatic heterocycles. The highest BCUT2D eigenvalue weighted by atomic mass is 35.5. The minimum atomic E-state index is -4.65. The number of halogens is 4. The van der Waals surface area contributed by atoms with Gasteiger partial charge in [0.2, 0.25) is 5.05 Å². The summed E-state index contributed by atoms with van der Waals surface area (Å²) in [6.07, 6.45) is -4.65. The van der Waals surface area contributed by atoms with E-state index in [2.05, 4.69) is 17.2 Å². The van der Waals surface area contributed by atoms with E-state index in [-0.39, 0.29) is 4.47 Å². The summed E-state index contributed by atoms with van der Waals surface area (Å²) in [4.78, 5) is 2.49. The molecule has 0 radical (unpaired) electrons. The molecule has 2 nitrogen and oxygen atoms in total. The monoisotopic (exact) mass is 247 g/mol. The minimum absolute atomic E-state index is 0.307. The lowest BCUT2D eigenvalue weighted by Gasteiger charge is -2.03. The Balaban J connectivity index is 3.28. The lowest BCUT2D eigenvalue weighted by Crippen LogP contribution is -2.10. The Bertz CT molecular complexity index is 348. The van der Waals surface area contributed by atoms with Crippen molar-refractivity contribution in [2.45, 2.75) is 6.18 Å². The molecule has 1 aromatic rings. The van der Waals surface area contributed by atoms with Crippen molar-refractivity contribution in [3.8, 4) is 0 Å². The SMILES string of the molecule is OC(=S)c1sc(Cl)nc1C(F)(F)F. The molecule has 0 saturated heterocycles. The molecule has 0 aromatic carbocycles. The highest BCUT2D eigenvalue weighted by Crippen LogP contribution is 2.35.